The molecule has 2 aliphatic rings. The second-order valence-electron chi connectivity index (χ2n) is 18.9. The van der Waals surface area contributed by atoms with Crippen LogP contribution in [-0.2, 0) is 10.0 Å². The molecule has 0 radical (unpaired) electrons. The molecule has 0 spiro atoms. The Kier molecular flexibility index (Phi) is 14.8. The normalized spacial score (nSPS) is 11.6. The van der Waals surface area contributed by atoms with Gasteiger partial charge in [-0.1, -0.05) is 25.1 Å². The highest BCUT2D eigenvalue weighted by molar-refractivity contribution is 7.92. The molecule has 3 heterocycles. The molecule has 9 rings (SSSR count). The number of nitrogens with zero attached hydrogens (tertiary/aromatic N) is 3. The van der Waals surface area contributed by atoms with Crippen LogP contribution in [0.4, 0.5) is 20.2 Å². The second kappa shape index (κ2) is 21.6. The lowest BCUT2D eigenvalue weighted by atomic mass is 9.89. The summed E-state index contributed by atoms with van der Waals surface area (Å²) >= 11 is 0. The molecule has 18 heteroatoms. The van der Waals surface area contributed by atoms with E-state index in [0.717, 1.165) is 28.7 Å². The maximum absolute atomic E-state index is 15.5. The Balaban J connectivity index is 0.802. The molecule has 0 saturated heterocycles. The molecular weight excluding hydrogens is 993 g/mol. The van der Waals surface area contributed by atoms with Gasteiger partial charge in [-0.25, -0.2) is 26.8 Å². The molecule has 0 unspecified atom stereocenters. The summed E-state index contributed by atoms with van der Waals surface area (Å²) in [6, 6.07) is 31.2. The number of carboxylic acid groups (broad SMARTS) is 1. The molecule has 76 heavy (non-hydrogen) atoms. The van der Waals surface area contributed by atoms with Crippen LogP contribution < -0.4 is 35.3 Å². The van der Waals surface area contributed by atoms with Crippen molar-refractivity contribution in [2.75, 3.05) is 56.7 Å². The molecule has 0 fully saturated rings. The molecule has 0 atom stereocenters. The van der Waals surface area contributed by atoms with Crippen molar-refractivity contribution in [1.82, 2.24) is 25.2 Å². The predicted octanol–water partition coefficient (Wildman–Crippen LogP) is 8.35. The maximum Gasteiger partial charge on any atom is 0.251 e. The minimum atomic E-state index is -3.92. The molecule has 0 saturated carbocycles. The number of carbonyl (C=O) groups is 4. The van der Waals surface area contributed by atoms with Crippen molar-refractivity contribution in [3.05, 3.63) is 166 Å². The first-order valence-corrected chi connectivity index (χ1v) is 26.2. The average Bonchev–Trinajstić information content (AvgIpc) is 3.82. The van der Waals surface area contributed by atoms with Crippen molar-refractivity contribution in [1.29, 1.82) is 0 Å². The number of aromatic nitrogens is 2. The van der Waals surface area contributed by atoms with E-state index in [-0.39, 0.29) is 34.8 Å². The first kappa shape index (κ1) is 52.1. The smallest absolute Gasteiger partial charge is 0.251 e. The van der Waals surface area contributed by atoms with E-state index >= 15 is 8.78 Å². The van der Waals surface area contributed by atoms with E-state index < -0.39 is 50.6 Å². The van der Waals surface area contributed by atoms with E-state index in [9.17, 15) is 32.7 Å². The summed E-state index contributed by atoms with van der Waals surface area (Å²) in [5.41, 5.74) is 4.84. The van der Waals surface area contributed by atoms with Gasteiger partial charge < -0.3 is 34.8 Å². The number of amides is 2. The van der Waals surface area contributed by atoms with E-state index in [0.29, 0.717) is 98.8 Å². The summed E-state index contributed by atoms with van der Waals surface area (Å²) in [6.07, 6.45) is 3.87. The van der Waals surface area contributed by atoms with Gasteiger partial charge in [0, 0.05) is 112 Å². The Labute approximate surface area is 436 Å². The third-order valence-electron chi connectivity index (χ3n) is 13.2. The van der Waals surface area contributed by atoms with Gasteiger partial charge in [0.15, 0.2) is 11.6 Å². The summed E-state index contributed by atoms with van der Waals surface area (Å²) in [5, 5.41) is 21.3. The number of aromatic carboxylic acids is 1. The third-order valence-corrected chi connectivity index (χ3v) is 14.6. The van der Waals surface area contributed by atoms with Crippen LogP contribution in [0.25, 0.3) is 66.5 Å². The van der Waals surface area contributed by atoms with Crippen molar-refractivity contribution in [3.63, 3.8) is 0 Å². The lowest BCUT2D eigenvalue weighted by Crippen LogP contribution is -2.27. The summed E-state index contributed by atoms with van der Waals surface area (Å²) in [7, 11) is 3.77. The van der Waals surface area contributed by atoms with Gasteiger partial charge in [-0.3, -0.25) is 19.1 Å². The molecule has 4 N–H and O–H groups in total. The minimum absolute atomic E-state index is 0.0245. The first-order valence-electron chi connectivity index (χ1n) is 24.6. The van der Waals surface area contributed by atoms with Gasteiger partial charge in [0.2, 0.25) is 15.4 Å². The first-order chi connectivity index (χ1) is 36.4. The van der Waals surface area contributed by atoms with Crippen LogP contribution in [0.2, 0.25) is 0 Å². The van der Waals surface area contributed by atoms with E-state index in [2.05, 4.69) is 25.3 Å². The van der Waals surface area contributed by atoms with Gasteiger partial charge >= 0.3 is 0 Å². The summed E-state index contributed by atoms with van der Waals surface area (Å²) in [5.74, 6) is -5.26. The molecule has 15 nitrogen and oxygen atoms in total. The standard InChI is InChI=1S/C58H53F2N7O8S/c1-6-26-76(73,74)65-48-23-21-46(59)52(53(48)60)54(68)35-15-22-47-43(27-35)44-29-37(32-63-55(44)64-47)33-10-12-34(13-11-33)56(69)61-24-8-7-9-25-62-57(70)36-14-18-40(45(28-36)58(71)72)51-41-19-16-38(66(2)3)30-49(41)75-50-31-39(67(4)5)17-20-42(50)51/h10-23,27-32,65H,6-9,24-26H2,1-5H3,(H3-,61,62,63,64,68,69,70,71,72). The van der Waals surface area contributed by atoms with Gasteiger partial charge in [0.1, 0.15) is 36.9 Å². The Morgan fingerprint density at radius 2 is 1.43 bits per heavy atom. The zero-order valence-corrected chi connectivity index (χ0v) is 43.1. The molecule has 7 aromatic rings. The number of fused-ring (bicyclic) bond motifs is 5. The number of rotatable bonds is 18. The van der Waals surface area contributed by atoms with Crippen LogP contribution >= 0.6 is 0 Å². The number of carboxylic acids is 1. The Morgan fingerprint density at radius 1 is 0.737 bits per heavy atom. The minimum Gasteiger partial charge on any atom is -0.545 e. The van der Waals surface area contributed by atoms with Gasteiger partial charge in [0.25, 0.3) is 11.8 Å². The molecule has 0 bridgehead atoms. The molecule has 1 aliphatic carbocycles. The number of carbonyl (C=O) groups excluding carboxylic acids is 4. The van der Waals surface area contributed by atoms with Crippen LogP contribution in [0.5, 0.6) is 0 Å². The number of pyridine rings is 1. The van der Waals surface area contributed by atoms with Crippen molar-refractivity contribution >= 4 is 77.9 Å². The predicted molar refractivity (Wildman–Crippen MR) is 289 cm³/mol. The molecule has 2 amide bonds. The SMILES string of the molecule is CCCS(=O)(=O)Nc1ccc(F)c(C(=O)c2ccc3[nH]c4ncc(-c5ccc(C(=O)NCCCCCNC(=O)c6ccc(-c7c8ccc(=[N+](C)C)cc-8oc8cc(N(C)C)ccc78)c(C(=O)[O-])c6)cc5)cc4c3c2)c1F. The van der Waals surface area contributed by atoms with Crippen molar-refractivity contribution in [2.24, 2.45) is 0 Å². The third kappa shape index (κ3) is 10.7. The number of anilines is 2. The van der Waals surface area contributed by atoms with Crippen molar-refractivity contribution in [2.45, 2.75) is 32.6 Å². The monoisotopic (exact) mass is 1050 g/mol. The summed E-state index contributed by atoms with van der Waals surface area (Å²) < 4.78 is 65.7. The molecule has 2 aromatic heterocycles. The molecule has 388 valence electrons. The van der Waals surface area contributed by atoms with Crippen LogP contribution in [-0.4, -0.2) is 89.0 Å². The number of sulfonamides is 1. The number of H-pyrrole nitrogens is 1. The Morgan fingerprint density at radius 3 is 2.13 bits per heavy atom. The maximum atomic E-state index is 15.5. The van der Waals surface area contributed by atoms with Crippen molar-refractivity contribution < 1.29 is 45.9 Å². The van der Waals surface area contributed by atoms with E-state index in [1.54, 1.807) is 55.6 Å². The number of hydrogen-bond donors (Lipinski definition) is 4. The fourth-order valence-electron chi connectivity index (χ4n) is 9.18. The quantitative estimate of drug-likeness (QED) is 0.0279. The molecular formula is C58H53F2N7O8S. The lowest BCUT2D eigenvalue weighted by molar-refractivity contribution is -0.254. The van der Waals surface area contributed by atoms with Gasteiger partial charge in [-0.15, -0.1) is 0 Å². The highest BCUT2D eigenvalue weighted by atomic mass is 32.2. The second-order valence-corrected chi connectivity index (χ2v) is 20.7. The van der Waals surface area contributed by atoms with Gasteiger partial charge in [0.05, 0.1) is 29.0 Å². The van der Waals surface area contributed by atoms with E-state index in [1.165, 1.54) is 18.2 Å². The number of aromatic amines is 1. The number of benzene rings is 6. The number of hydrogen-bond acceptors (Lipinski definition) is 10. The van der Waals surface area contributed by atoms with Crippen LogP contribution in [0.3, 0.4) is 0 Å². The highest BCUT2D eigenvalue weighted by Crippen LogP contribution is 2.42. The Hall–Kier alpha value is -8.77. The van der Waals surface area contributed by atoms with Gasteiger partial charge in [-0.05, 0) is 116 Å². The Bertz CT molecular complexity index is 3940. The molecule has 1 aliphatic heterocycles. The fourth-order valence-corrected chi connectivity index (χ4v) is 10.3. The van der Waals surface area contributed by atoms with Crippen molar-refractivity contribution in [3.8, 4) is 33.6 Å². The number of ketones is 1. The topological polar surface area (TPSA) is 210 Å². The van der Waals surface area contributed by atoms with Crippen LogP contribution in [0.15, 0.2) is 126 Å². The highest BCUT2D eigenvalue weighted by Gasteiger charge is 2.26. The largest absolute Gasteiger partial charge is 0.545 e. The number of nitrogens with one attached hydrogen (secondary N) is 4. The van der Waals surface area contributed by atoms with E-state index in [4.69, 9.17) is 4.42 Å². The zero-order chi connectivity index (χ0) is 54.0. The summed E-state index contributed by atoms with van der Waals surface area (Å²) in [6.45, 7) is 2.36. The fraction of sp³-hybridized carbons (Fsp3) is 0.207. The number of halogens is 2. The average molecular weight is 1050 g/mol. The molecule has 5 aromatic carbocycles. The van der Waals surface area contributed by atoms with Crippen LogP contribution in [0.1, 0.15) is 79.6 Å². The number of unbranched alkanes of at least 4 members (excludes halogenated alkanes) is 2. The van der Waals surface area contributed by atoms with Gasteiger partial charge in [-0.2, -0.15) is 0 Å². The van der Waals surface area contributed by atoms with E-state index in [1.807, 2.05) is 80.1 Å². The van der Waals surface area contributed by atoms with Crippen LogP contribution in [0, 0.1) is 11.6 Å². The zero-order valence-electron chi connectivity index (χ0n) is 42.3. The summed E-state index contributed by atoms with van der Waals surface area (Å²) in [4.78, 5) is 62.5. The lowest BCUT2D eigenvalue weighted by Gasteiger charge is -2.20.